The van der Waals surface area contributed by atoms with Crippen molar-refractivity contribution < 1.29 is 19.0 Å². The van der Waals surface area contributed by atoms with Gasteiger partial charge in [-0.3, -0.25) is 0 Å². The van der Waals surface area contributed by atoms with E-state index in [4.69, 9.17) is 21.1 Å². The number of hydrogen-bond acceptors (Lipinski definition) is 4. The average Bonchev–Trinajstić information content (AvgIpc) is 2.31. The van der Waals surface area contributed by atoms with Gasteiger partial charge >= 0.3 is 0 Å². The molecule has 96 valence electrons. The number of hydrogen-bond donors (Lipinski definition) is 2. The van der Waals surface area contributed by atoms with Gasteiger partial charge < -0.3 is 19.9 Å². The molecule has 17 heavy (non-hydrogen) atoms. The van der Waals surface area contributed by atoms with Gasteiger partial charge in [0.2, 0.25) is 0 Å². The molecule has 0 aliphatic heterocycles. The van der Waals surface area contributed by atoms with Crippen molar-refractivity contribution in [1.82, 2.24) is 5.32 Å². The lowest BCUT2D eigenvalue weighted by Crippen LogP contribution is -2.18. The topological polar surface area (TPSA) is 50.7 Å². The van der Waals surface area contributed by atoms with Gasteiger partial charge in [-0.05, 0) is 7.05 Å². The van der Waals surface area contributed by atoms with Crippen LogP contribution in [0, 0.1) is 5.82 Å². The Morgan fingerprint density at radius 1 is 1.47 bits per heavy atom. The SMILES string of the molecule is CNCC(O)c1c(Cl)c(F)cc(OC)c1OC. The third kappa shape index (κ3) is 2.80. The molecule has 0 radical (unpaired) electrons. The van der Waals surface area contributed by atoms with Gasteiger partial charge in [-0.1, -0.05) is 11.6 Å². The highest BCUT2D eigenvalue weighted by Gasteiger charge is 2.23. The van der Waals surface area contributed by atoms with Crippen LogP contribution in [0.1, 0.15) is 11.7 Å². The van der Waals surface area contributed by atoms with Gasteiger partial charge in [0.05, 0.1) is 25.3 Å². The highest BCUT2D eigenvalue weighted by molar-refractivity contribution is 6.31. The van der Waals surface area contributed by atoms with Crippen LogP contribution < -0.4 is 14.8 Å². The third-order valence-electron chi connectivity index (χ3n) is 2.33. The van der Waals surface area contributed by atoms with Crippen LogP contribution in [0.3, 0.4) is 0 Å². The summed E-state index contributed by atoms with van der Waals surface area (Å²) in [5, 5.41) is 12.5. The van der Waals surface area contributed by atoms with E-state index < -0.39 is 11.9 Å². The quantitative estimate of drug-likeness (QED) is 0.850. The zero-order valence-electron chi connectivity index (χ0n) is 9.88. The number of aliphatic hydroxyl groups is 1. The van der Waals surface area contributed by atoms with Crippen LogP contribution in [0.15, 0.2) is 6.07 Å². The summed E-state index contributed by atoms with van der Waals surface area (Å²) in [6.07, 6.45) is -0.980. The Labute approximate surface area is 104 Å². The molecule has 0 saturated heterocycles. The first-order valence-corrected chi connectivity index (χ1v) is 5.37. The summed E-state index contributed by atoms with van der Waals surface area (Å²) in [4.78, 5) is 0. The molecule has 4 nitrogen and oxygen atoms in total. The number of methoxy groups -OCH3 is 2. The smallest absolute Gasteiger partial charge is 0.168 e. The number of aliphatic hydroxyl groups excluding tert-OH is 1. The summed E-state index contributed by atoms with van der Waals surface area (Å²) in [7, 11) is 4.46. The van der Waals surface area contributed by atoms with E-state index in [1.54, 1.807) is 7.05 Å². The normalized spacial score (nSPS) is 12.4. The van der Waals surface area contributed by atoms with Crippen molar-refractivity contribution >= 4 is 11.6 Å². The van der Waals surface area contributed by atoms with Crippen LogP contribution in [0.4, 0.5) is 4.39 Å². The van der Waals surface area contributed by atoms with E-state index in [0.717, 1.165) is 6.07 Å². The number of halogens is 2. The van der Waals surface area contributed by atoms with Crippen LogP contribution in [0.2, 0.25) is 5.02 Å². The van der Waals surface area contributed by atoms with E-state index in [9.17, 15) is 9.50 Å². The highest BCUT2D eigenvalue weighted by atomic mass is 35.5. The second-order valence-electron chi connectivity index (χ2n) is 3.40. The number of benzene rings is 1. The molecule has 0 amide bonds. The molecule has 0 aliphatic rings. The lowest BCUT2D eigenvalue weighted by Gasteiger charge is -2.18. The number of nitrogens with one attached hydrogen (secondary N) is 1. The maximum atomic E-state index is 13.5. The van der Waals surface area contributed by atoms with E-state index in [1.807, 2.05) is 0 Å². The Kier molecular flexibility index (Phi) is 4.99. The van der Waals surface area contributed by atoms with E-state index in [1.165, 1.54) is 14.2 Å². The molecule has 0 aromatic heterocycles. The molecule has 1 unspecified atom stereocenters. The van der Waals surface area contributed by atoms with Crippen molar-refractivity contribution in [2.24, 2.45) is 0 Å². The van der Waals surface area contributed by atoms with Crippen LogP contribution >= 0.6 is 11.6 Å². The minimum atomic E-state index is -0.980. The summed E-state index contributed by atoms with van der Waals surface area (Å²) in [6.45, 7) is 0.225. The van der Waals surface area contributed by atoms with Gasteiger partial charge in [0.1, 0.15) is 5.82 Å². The van der Waals surface area contributed by atoms with Gasteiger partial charge in [0.25, 0.3) is 0 Å². The number of ether oxygens (including phenoxy) is 2. The van der Waals surface area contributed by atoms with Gasteiger partial charge in [-0.15, -0.1) is 0 Å². The minimum Gasteiger partial charge on any atom is -0.493 e. The molecule has 1 rings (SSSR count). The maximum Gasteiger partial charge on any atom is 0.168 e. The van der Waals surface area contributed by atoms with Crippen molar-refractivity contribution in [1.29, 1.82) is 0 Å². The predicted octanol–water partition coefficient (Wildman–Crippen LogP) is 1.75. The fraction of sp³-hybridized carbons (Fsp3) is 0.455. The highest BCUT2D eigenvalue weighted by Crippen LogP contribution is 2.41. The summed E-state index contributed by atoms with van der Waals surface area (Å²) in [5.41, 5.74) is 0.181. The molecule has 0 spiro atoms. The molecule has 6 heteroatoms. The molecular formula is C11H15ClFNO3. The predicted molar refractivity (Wildman–Crippen MR) is 63.4 cm³/mol. The van der Waals surface area contributed by atoms with Crippen LogP contribution in [0.25, 0.3) is 0 Å². The molecule has 2 N–H and O–H groups in total. The summed E-state index contributed by atoms with van der Waals surface area (Å²) in [6, 6.07) is 1.12. The van der Waals surface area contributed by atoms with Gasteiger partial charge in [-0.2, -0.15) is 0 Å². The molecule has 1 aromatic carbocycles. The van der Waals surface area contributed by atoms with Crippen molar-refractivity contribution in [2.45, 2.75) is 6.10 Å². The van der Waals surface area contributed by atoms with Crippen molar-refractivity contribution in [2.75, 3.05) is 27.8 Å². The monoisotopic (exact) mass is 263 g/mol. The zero-order valence-corrected chi connectivity index (χ0v) is 10.6. The Bertz CT molecular complexity index is 401. The van der Waals surface area contributed by atoms with E-state index in [0.29, 0.717) is 0 Å². The molecule has 1 atom stereocenters. The third-order valence-corrected chi connectivity index (χ3v) is 2.71. The first-order valence-electron chi connectivity index (χ1n) is 4.99. The minimum absolute atomic E-state index is 0.162. The molecule has 0 bridgehead atoms. The summed E-state index contributed by atoms with van der Waals surface area (Å²) >= 11 is 5.84. The van der Waals surface area contributed by atoms with Gasteiger partial charge in [-0.25, -0.2) is 4.39 Å². The van der Waals surface area contributed by atoms with E-state index in [-0.39, 0.29) is 28.6 Å². The fourth-order valence-corrected chi connectivity index (χ4v) is 1.83. The summed E-state index contributed by atoms with van der Waals surface area (Å²) < 4.78 is 23.6. The van der Waals surface area contributed by atoms with Gasteiger partial charge in [0.15, 0.2) is 11.5 Å². The van der Waals surface area contributed by atoms with Crippen LogP contribution in [-0.2, 0) is 0 Å². The Morgan fingerprint density at radius 3 is 2.59 bits per heavy atom. The molecular weight excluding hydrogens is 249 g/mol. The average molecular weight is 264 g/mol. The molecule has 0 heterocycles. The fourth-order valence-electron chi connectivity index (χ4n) is 1.56. The molecule has 1 aromatic rings. The zero-order chi connectivity index (χ0) is 13.0. The number of likely N-dealkylation sites (N-methyl/N-ethyl adjacent to an activating group) is 1. The molecule has 0 fully saturated rings. The Balaban J connectivity index is 3.37. The first kappa shape index (κ1) is 14.0. The van der Waals surface area contributed by atoms with Gasteiger partial charge in [0, 0.05) is 18.2 Å². The van der Waals surface area contributed by atoms with Crippen LogP contribution in [-0.4, -0.2) is 32.9 Å². The van der Waals surface area contributed by atoms with Crippen molar-refractivity contribution in [3.05, 3.63) is 22.5 Å². The molecule has 0 saturated carbocycles. The van der Waals surface area contributed by atoms with Crippen molar-refractivity contribution in [3.8, 4) is 11.5 Å². The lowest BCUT2D eigenvalue weighted by molar-refractivity contribution is 0.172. The second kappa shape index (κ2) is 6.05. The Morgan fingerprint density at radius 2 is 2.12 bits per heavy atom. The van der Waals surface area contributed by atoms with E-state index >= 15 is 0 Å². The maximum absolute atomic E-state index is 13.5. The van der Waals surface area contributed by atoms with E-state index in [2.05, 4.69) is 5.32 Å². The van der Waals surface area contributed by atoms with Crippen LogP contribution in [0.5, 0.6) is 11.5 Å². The summed E-state index contributed by atoms with van der Waals surface area (Å²) in [5.74, 6) is -0.226. The Hall–Kier alpha value is -1.04. The number of rotatable bonds is 5. The largest absolute Gasteiger partial charge is 0.493 e. The second-order valence-corrected chi connectivity index (χ2v) is 3.77. The molecule has 0 aliphatic carbocycles. The first-order chi connectivity index (χ1) is 8.06. The van der Waals surface area contributed by atoms with Crippen molar-refractivity contribution in [3.63, 3.8) is 0 Å². The standard InChI is InChI=1S/C11H15ClFNO3/c1-14-5-7(15)9-10(12)6(13)4-8(16-2)11(9)17-3/h4,7,14-15H,5H2,1-3H3. The lowest BCUT2D eigenvalue weighted by atomic mass is 10.1.